The summed E-state index contributed by atoms with van der Waals surface area (Å²) in [4.78, 5) is 0. The summed E-state index contributed by atoms with van der Waals surface area (Å²) in [5.41, 5.74) is 0.746. The van der Waals surface area contributed by atoms with Gasteiger partial charge in [0.1, 0.15) is 0 Å². The first-order valence-electron chi connectivity index (χ1n) is 8.74. The van der Waals surface area contributed by atoms with Crippen molar-refractivity contribution in [3.63, 3.8) is 0 Å². The lowest BCUT2D eigenvalue weighted by Gasteiger charge is -2.54. The highest BCUT2D eigenvalue weighted by molar-refractivity contribution is 5.05. The second-order valence-electron chi connectivity index (χ2n) is 7.59. The fraction of sp³-hybridized carbons (Fsp3) is 1.00. The number of hydrogen-bond donors (Lipinski definition) is 1. The lowest BCUT2D eigenvalue weighted by atomic mass is 9.61. The fourth-order valence-electron chi connectivity index (χ4n) is 3.41. The van der Waals surface area contributed by atoms with Crippen LogP contribution in [0.5, 0.6) is 0 Å². The lowest BCUT2D eigenvalue weighted by Crippen LogP contribution is -2.63. The zero-order valence-electron chi connectivity index (χ0n) is 14.7. The van der Waals surface area contributed by atoms with E-state index in [4.69, 9.17) is 4.74 Å². The van der Waals surface area contributed by atoms with Crippen LogP contribution in [0.3, 0.4) is 0 Å². The predicted molar refractivity (Wildman–Crippen MR) is 88.1 cm³/mol. The largest absolute Gasteiger partial charge is 0.378 e. The number of rotatable bonds is 10. The minimum atomic E-state index is 0.329. The van der Waals surface area contributed by atoms with Crippen molar-refractivity contribution in [1.29, 1.82) is 0 Å². The van der Waals surface area contributed by atoms with Crippen molar-refractivity contribution >= 4 is 0 Å². The molecule has 1 N–H and O–H groups in total. The molecule has 2 nitrogen and oxygen atoms in total. The van der Waals surface area contributed by atoms with Crippen molar-refractivity contribution in [2.75, 3.05) is 13.2 Å². The van der Waals surface area contributed by atoms with E-state index < -0.39 is 0 Å². The molecule has 20 heavy (non-hydrogen) atoms. The van der Waals surface area contributed by atoms with Gasteiger partial charge >= 0.3 is 0 Å². The molecular formula is C18H37NO. The third kappa shape index (κ3) is 4.46. The summed E-state index contributed by atoms with van der Waals surface area (Å²) < 4.78 is 5.89. The van der Waals surface area contributed by atoms with Crippen LogP contribution in [0.4, 0.5) is 0 Å². The molecule has 0 aromatic rings. The summed E-state index contributed by atoms with van der Waals surface area (Å²) >= 11 is 0. The van der Waals surface area contributed by atoms with Crippen molar-refractivity contribution in [2.45, 2.75) is 92.2 Å². The molecule has 1 fully saturated rings. The van der Waals surface area contributed by atoms with Crippen LogP contribution in [0, 0.1) is 10.8 Å². The van der Waals surface area contributed by atoms with Crippen LogP contribution in [0.25, 0.3) is 0 Å². The van der Waals surface area contributed by atoms with Gasteiger partial charge in [0.05, 0.1) is 6.10 Å². The maximum atomic E-state index is 5.89. The Labute approximate surface area is 127 Å². The molecule has 0 aromatic heterocycles. The van der Waals surface area contributed by atoms with Crippen LogP contribution in [-0.2, 0) is 4.74 Å². The van der Waals surface area contributed by atoms with Crippen LogP contribution in [0.15, 0.2) is 0 Å². The Balaban J connectivity index is 2.38. The fourth-order valence-corrected chi connectivity index (χ4v) is 3.41. The molecule has 0 aliphatic heterocycles. The van der Waals surface area contributed by atoms with Crippen LogP contribution in [0.1, 0.15) is 80.1 Å². The first-order valence-corrected chi connectivity index (χ1v) is 8.74. The minimum Gasteiger partial charge on any atom is -0.378 e. The normalized spacial score (nSPS) is 30.3. The van der Waals surface area contributed by atoms with E-state index in [2.05, 4.69) is 46.9 Å². The van der Waals surface area contributed by atoms with Crippen molar-refractivity contribution in [3.05, 3.63) is 0 Å². The summed E-state index contributed by atoms with van der Waals surface area (Å²) in [5.74, 6) is 0. The molecule has 0 saturated heterocycles. The van der Waals surface area contributed by atoms with Gasteiger partial charge in [0.25, 0.3) is 0 Å². The van der Waals surface area contributed by atoms with Crippen molar-refractivity contribution in [2.24, 2.45) is 10.8 Å². The van der Waals surface area contributed by atoms with E-state index in [1.165, 1.54) is 38.5 Å². The molecule has 3 atom stereocenters. The number of unbranched alkanes of at least 4 members (excludes halogenated alkanes) is 2. The number of ether oxygens (including phenoxy) is 1. The Bertz CT molecular complexity index is 277. The van der Waals surface area contributed by atoms with Crippen LogP contribution < -0.4 is 5.32 Å². The van der Waals surface area contributed by atoms with Crippen molar-refractivity contribution in [3.8, 4) is 0 Å². The van der Waals surface area contributed by atoms with Gasteiger partial charge in [-0.15, -0.1) is 0 Å². The lowest BCUT2D eigenvalue weighted by molar-refractivity contribution is -0.127. The third-order valence-electron chi connectivity index (χ3n) is 5.40. The summed E-state index contributed by atoms with van der Waals surface area (Å²) in [5, 5.41) is 3.84. The Morgan fingerprint density at radius 2 is 1.90 bits per heavy atom. The Kier molecular flexibility index (Phi) is 7.00. The molecule has 0 heterocycles. The van der Waals surface area contributed by atoms with E-state index >= 15 is 0 Å². The molecule has 120 valence electrons. The highest BCUT2D eigenvalue weighted by Crippen LogP contribution is 2.46. The van der Waals surface area contributed by atoms with Gasteiger partial charge < -0.3 is 10.1 Å². The second kappa shape index (κ2) is 7.79. The Hall–Kier alpha value is -0.0800. The van der Waals surface area contributed by atoms with E-state index in [0.717, 1.165) is 13.2 Å². The van der Waals surface area contributed by atoms with Crippen molar-refractivity contribution < 1.29 is 4.74 Å². The molecule has 1 rings (SSSR count). The standard InChI is InChI=1S/C18H37NO/c1-7-10-11-12-17(4,5)14-19-15-13-16(20-9-3)18(15,6)8-2/h15-16,19H,7-14H2,1-6H3. The summed E-state index contributed by atoms with van der Waals surface area (Å²) in [6, 6.07) is 0.634. The predicted octanol–water partition coefficient (Wildman–Crippen LogP) is 4.78. The average molecular weight is 284 g/mol. The zero-order valence-corrected chi connectivity index (χ0v) is 14.7. The van der Waals surface area contributed by atoms with Gasteiger partial charge in [0.2, 0.25) is 0 Å². The first kappa shape index (κ1) is 18.0. The number of hydrogen-bond acceptors (Lipinski definition) is 2. The molecule has 1 saturated carbocycles. The van der Waals surface area contributed by atoms with Gasteiger partial charge in [-0.25, -0.2) is 0 Å². The van der Waals surface area contributed by atoms with Gasteiger partial charge in [-0.3, -0.25) is 0 Å². The SMILES string of the molecule is CCCCCC(C)(C)CNC1CC(OCC)C1(C)CC. The van der Waals surface area contributed by atoms with Crippen molar-refractivity contribution in [1.82, 2.24) is 5.32 Å². The molecular weight excluding hydrogens is 246 g/mol. The van der Waals surface area contributed by atoms with E-state index in [1.54, 1.807) is 0 Å². The van der Waals surface area contributed by atoms with Gasteiger partial charge in [-0.1, -0.05) is 53.9 Å². The average Bonchev–Trinajstić information content (AvgIpc) is 2.41. The zero-order chi connectivity index (χ0) is 15.2. The third-order valence-corrected chi connectivity index (χ3v) is 5.40. The molecule has 1 aliphatic carbocycles. The highest BCUT2D eigenvalue weighted by Gasteiger charge is 2.50. The maximum Gasteiger partial charge on any atom is 0.0658 e. The Morgan fingerprint density at radius 1 is 1.20 bits per heavy atom. The Morgan fingerprint density at radius 3 is 2.45 bits per heavy atom. The van der Waals surface area contributed by atoms with E-state index in [1.807, 2.05) is 0 Å². The summed E-state index contributed by atoms with van der Waals surface area (Å²) in [7, 11) is 0. The minimum absolute atomic E-state index is 0.329. The van der Waals surface area contributed by atoms with Gasteiger partial charge in [-0.2, -0.15) is 0 Å². The molecule has 3 unspecified atom stereocenters. The monoisotopic (exact) mass is 283 g/mol. The maximum absolute atomic E-state index is 5.89. The molecule has 0 aromatic carbocycles. The van der Waals surface area contributed by atoms with E-state index in [9.17, 15) is 0 Å². The van der Waals surface area contributed by atoms with Gasteiger partial charge in [0.15, 0.2) is 0 Å². The molecule has 0 bridgehead atoms. The van der Waals surface area contributed by atoms with Gasteiger partial charge in [0, 0.05) is 24.6 Å². The van der Waals surface area contributed by atoms with E-state index in [0.29, 0.717) is 23.0 Å². The van der Waals surface area contributed by atoms with Gasteiger partial charge in [-0.05, 0) is 31.6 Å². The second-order valence-corrected chi connectivity index (χ2v) is 7.59. The van der Waals surface area contributed by atoms with Crippen LogP contribution in [-0.4, -0.2) is 25.3 Å². The smallest absolute Gasteiger partial charge is 0.0658 e. The summed E-state index contributed by atoms with van der Waals surface area (Å²) in [6.45, 7) is 15.8. The topological polar surface area (TPSA) is 21.3 Å². The molecule has 0 spiro atoms. The molecule has 1 aliphatic rings. The summed E-state index contributed by atoms with van der Waals surface area (Å²) in [6.07, 6.45) is 8.22. The quantitative estimate of drug-likeness (QED) is 0.583. The molecule has 0 amide bonds. The first-order chi connectivity index (χ1) is 9.39. The number of nitrogens with one attached hydrogen (secondary N) is 1. The van der Waals surface area contributed by atoms with Crippen LogP contribution >= 0.6 is 0 Å². The van der Waals surface area contributed by atoms with E-state index in [-0.39, 0.29) is 0 Å². The molecule has 0 radical (unpaired) electrons. The van der Waals surface area contributed by atoms with Crippen LogP contribution in [0.2, 0.25) is 0 Å². The molecule has 2 heteroatoms. The highest BCUT2D eigenvalue weighted by atomic mass is 16.5.